The molecule has 0 saturated carbocycles. The minimum Gasteiger partial charge on any atom is -0.329 e. The molecular weight excluding hydrogens is 242 g/mol. The first-order chi connectivity index (χ1) is 9.16. The number of pyridine rings is 1. The number of aryl methyl sites for hydroxylation is 1. The number of piperazine rings is 1. The largest absolute Gasteiger partial charge is 0.329 e. The van der Waals surface area contributed by atoms with E-state index in [9.17, 15) is 9.59 Å². The Balaban J connectivity index is 1.80. The van der Waals surface area contributed by atoms with E-state index in [1.165, 1.54) is 0 Å². The molecule has 1 aromatic rings. The number of nitrogens with zero attached hydrogens (tertiary/aromatic N) is 3. The zero-order valence-corrected chi connectivity index (χ0v) is 11.0. The minimum atomic E-state index is -0.231. The molecule has 0 spiro atoms. The molecule has 0 radical (unpaired) electrons. The van der Waals surface area contributed by atoms with Crippen molar-refractivity contribution in [3.63, 3.8) is 0 Å². The van der Waals surface area contributed by atoms with Crippen molar-refractivity contribution in [2.75, 3.05) is 13.1 Å². The quantitative estimate of drug-likeness (QED) is 0.786. The Bertz CT molecular complexity index is 529. The van der Waals surface area contributed by atoms with Gasteiger partial charge >= 0.3 is 0 Å². The summed E-state index contributed by atoms with van der Waals surface area (Å²) < 4.78 is 0. The zero-order valence-electron chi connectivity index (χ0n) is 11.0. The van der Waals surface area contributed by atoms with Gasteiger partial charge < -0.3 is 9.80 Å². The molecule has 2 aliphatic heterocycles. The van der Waals surface area contributed by atoms with Crippen LogP contribution in [0.4, 0.5) is 0 Å². The first-order valence-electron chi connectivity index (χ1n) is 6.65. The van der Waals surface area contributed by atoms with Gasteiger partial charge in [-0.2, -0.15) is 0 Å². The van der Waals surface area contributed by atoms with Crippen LogP contribution in [0.3, 0.4) is 0 Å². The minimum absolute atomic E-state index is 0.0654. The average Bonchev–Trinajstić information content (AvgIpc) is 2.88. The van der Waals surface area contributed by atoms with E-state index in [1.54, 1.807) is 16.0 Å². The van der Waals surface area contributed by atoms with Crippen molar-refractivity contribution < 1.29 is 9.59 Å². The van der Waals surface area contributed by atoms with E-state index in [1.807, 2.05) is 19.1 Å². The Morgan fingerprint density at radius 2 is 2.26 bits per heavy atom. The molecule has 3 rings (SSSR count). The number of fused-ring (bicyclic) bond motifs is 1. The van der Waals surface area contributed by atoms with Gasteiger partial charge in [0.05, 0.1) is 12.2 Å². The SMILES string of the molecule is Cc1cccnc1CN1CC(=O)N2CCCC2C1=O. The molecule has 2 amide bonds. The molecule has 0 N–H and O–H groups in total. The Hall–Kier alpha value is -1.91. The van der Waals surface area contributed by atoms with Crippen LogP contribution in [0.15, 0.2) is 18.3 Å². The fraction of sp³-hybridized carbons (Fsp3) is 0.500. The fourth-order valence-electron chi connectivity index (χ4n) is 2.86. The van der Waals surface area contributed by atoms with Crippen molar-refractivity contribution in [2.24, 2.45) is 0 Å². The summed E-state index contributed by atoms with van der Waals surface area (Å²) in [6.07, 6.45) is 3.45. The Kier molecular flexibility index (Phi) is 2.97. The molecule has 100 valence electrons. The summed E-state index contributed by atoms with van der Waals surface area (Å²) in [5.74, 6) is 0.137. The van der Waals surface area contributed by atoms with E-state index in [0.717, 1.165) is 30.6 Å². The van der Waals surface area contributed by atoms with E-state index >= 15 is 0 Å². The summed E-state index contributed by atoms with van der Waals surface area (Å²) >= 11 is 0. The maximum atomic E-state index is 12.4. The number of carbonyl (C=O) groups excluding carboxylic acids is 2. The third kappa shape index (κ3) is 2.09. The van der Waals surface area contributed by atoms with E-state index in [0.29, 0.717) is 6.54 Å². The Labute approximate surface area is 112 Å². The van der Waals surface area contributed by atoms with Crippen LogP contribution in [0, 0.1) is 6.92 Å². The molecular formula is C14H17N3O2. The lowest BCUT2D eigenvalue weighted by Gasteiger charge is -2.36. The topological polar surface area (TPSA) is 53.5 Å². The average molecular weight is 259 g/mol. The van der Waals surface area contributed by atoms with E-state index in [-0.39, 0.29) is 24.4 Å². The third-order valence-corrected chi connectivity index (χ3v) is 3.95. The van der Waals surface area contributed by atoms with Crippen molar-refractivity contribution in [1.82, 2.24) is 14.8 Å². The fourth-order valence-corrected chi connectivity index (χ4v) is 2.86. The molecule has 1 atom stereocenters. The zero-order chi connectivity index (χ0) is 13.4. The second kappa shape index (κ2) is 4.64. The lowest BCUT2D eigenvalue weighted by atomic mass is 10.1. The van der Waals surface area contributed by atoms with Crippen LogP contribution >= 0.6 is 0 Å². The van der Waals surface area contributed by atoms with Gasteiger partial charge in [-0.3, -0.25) is 14.6 Å². The summed E-state index contributed by atoms with van der Waals surface area (Å²) in [4.78, 5) is 32.1. The molecule has 2 aliphatic rings. The summed E-state index contributed by atoms with van der Waals surface area (Å²) in [5, 5.41) is 0. The van der Waals surface area contributed by atoms with Crippen molar-refractivity contribution >= 4 is 11.8 Å². The number of hydrogen-bond donors (Lipinski definition) is 0. The van der Waals surface area contributed by atoms with Gasteiger partial charge in [-0.05, 0) is 31.4 Å². The molecule has 1 aromatic heterocycles. The number of hydrogen-bond acceptors (Lipinski definition) is 3. The highest BCUT2D eigenvalue weighted by atomic mass is 16.2. The summed E-state index contributed by atoms with van der Waals surface area (Å²) in [6, 6.07) is 3.62. The summed E-state index contributed by atoms with van der Waals surface area (Å²) in [6.45, 7) is 3.32. The number of aromatic nitrogens is 1. The van der Waals surface area contributed by atoms with Crippen molar-refractivity contribution in [3.8, 4) is 0 Å². The molecule has 5 heteroatoms. The molecule has 2 fully saturated rings. The van der Waals surface area contributed by atoms with Crippen LogP contribution in [0.25, 0.3) is 0 Å². The lowest BCUT2D eigenvalue weighted by Crippen LogP contribution is -2.57. The van der Waals surface area contributed by atoms with Gasteiger partial charge in [-0.1, -0.05) is 6.07 Å². The highest BCUT2D eigenvalue weighted by Gasteiger charge is 2.41. The lowest BCUT2D eigenvalue weighted by molar-refractivity contribution is -0.154. The van der Waals surface area contributed by atoms with Crippen LogP contribution < -0.4 is 0 Å². The van der Waals surface area contributed by atoms with Crippen LogP contribution in [-0.2, 0) is 16.1 Å². The maximum Gasteiger partial charge on any atom is 0.246 e. The first-order valence-corrected chi connectivity index (χ1v) is 6.65. The molecule has 19 heavy (non-hydrogen) atoms. The summed E-state index contributed by atoms with van der Waals surface area (Å²) in [5.41, 5.74) is 1.92. The van der Waals surface area contributed by atoms with Crippen molar-refractivity contribution in [2.45, 2.75) is 32.4 Å². The predicted molar refractivity (Wildman–Crippen MR) is 69.1 cm³/mol. The highest BCUT2D eigenvalue weighted by molar-refractivity contribution is 5.95. The molecule has 0 aromatic carbocycles. The Morgan fingerprint density at radius 1 is 1.42 bits per heavy atom. The van der Waals surface area contributed by atoms with E-state index in [4.69, 9.17) is 0 Å². The molecule has 2 saturated heterocycles. The van der Waals surface area contributed by atoms with Gasteiger partial charge in [0.15, 0.2) is 0 Å². The second-order valence-corrected chi connectivity index (χ2v) is 5.21. The second-order valence-electron chi connectivity index (χ2n) is 5.21. The predicted octanol–water partition coefficient (Wildman–Crippen LogP) is 0.723. The normalized spacial score (nSPS) is 22.9. The maximum absolute atomic E-state index is 12.4. The number of amides is 2. The van der Waals surface area contributed by atoms with E-state index in [2.05, 4.69) is 4.98 Å². The molecule has 5 nitrogen and oxygen atoms in total. The third-order valence-electron chi connectivity index (χ3n) is 3.95. The van der Waals surface area contributed by atoms with Crippen molar-refractivity contribution in [1.29, 1.82) is 0 Å². The molecule has 0 bridgehead atoms. The number of carbonyl (C=O) groups is 2. The van der Waals surface area contributed by atoms with E-state index < -0.39 is 0 Å². The first kappa shape index (κ1) is 12.1. The standard InChI is InChI=1S/C14H17N3O2/c1-10-4-2-6-15-11(10)8-16-9-13(18)17-7-3-5-12(17)14(16)19/h2,4,6,12H,3,5,7-9H2,1H3. The van der Waals surface area contributed by atoms with Crippen LogP contribution in [0.2, 0.25) is 0 Å². The van der Waals surface area contributed by atoms with Crippen LogP contribution in [-0.4, -0.2) is 45.7 Å². The Morgan fingerprint density at radius 3 is 3.05 bits per heavy atom. The van der Waals surface area contributed by atoms with Gasteiger partial charge in [0, 0.05) is 12.7 Å². The van der Waals surface area contributed by atoms with Gasteiger partial charge in [-0.15, -0.1) is 0 Å². The van der Waals surface area contributed by atoms with Gasteiger partial charge in [0.2, 0.25) is 11.8 Å². The highest BCUT2D eigenvalue weighted by Crippen LogP contribution is 2.24. The van der Waals surface area contributed by atoms with Crippen molar-refractivity contribution in [3.05, 3.63) is 29.6 Å². The number of rotatable bonds is 2. The summed E-state index contributed by atoms with van der Waals surface area (Å²) in [7, 11) is 0. The smallest absolute Gasteiger partial charge is 0.246 e. The van der Waals surface area contributed by atoms with Crippen LogP contribution in [0.5, 0.6) is 0 Å². The molecule has 0 aliphatic carbocycles. The van der Waals surface area contributed by atoms with Gasteiger partial charge in [0.1, 0.15) is 12.6 Å². The van der Waals surface area contributed by atoms with Gasteiger partial charge in [0.25, 0.3) is 0 Å². The monoisotopic (exact) mass is 259 g/mol. The van der Waals surface area contributed by atoms with Crippen LogP contribution in [0.1, 0.15) is 24.1 Å². The molecule has 1 unspecified atom stereocenters. The van der Waals surface area contributed by atoms with Gasteiger partial charge in [-0.25, -0.2) is 0 Å². The molecule has 3 heterocycles.